The molecule has 0 aliphatic rings. The Morgan fingerprint density at radius 2 is 1.62 bits per heavy atom. The zero-order valence-electron chi connectivity index (χ0n) is 7.58. The summed E-state index contributed by atoms with van der Waals surface area (Å²) >= 11 is 6.05. The normalized spacial score (nSPS) is 11.5. The first-order valence-corrected chi connectivity index (χ1v) is 8.68. The van der Waals surface area contributed by atoms with Crippen molar-refractivity contribution >= 4 is 83.7 Å². The molecule has 1 N–H and O–H groups in total. The van der Waals surface area contributed by atoms with E-state index in [0.29, 0.717) is 12.7 Å². The van der Waals surface area contributed by atoms with Crippen molar-refractivity contribution in [2.24, 2.45) is 0 Å². The van der Waals surface area contributed by atoms with Crippen molar-refractivity contribution < 1.29 is 17.8 Å². The Hall–Kier alpha value is 0.990. The first-order valence-electron chi connectivity index (χ1n) is 3.83. The number of ketones is 1. The van der Waals surface area contributed by atoms with Crippen molar-refractivity contribution in [2.45, 2.75) is 0 Å². The third-order valence-electron chi connectivity index (χ3n) is 1.60. The predicted molar refractivity (Wildman–Crippen MR) is 85.3 cm³/mol. The Morgan fingerprint density at radius 1 is 1.19 bits per heavy atom. The van der Waals surface area contributed by atoms with Gasteiger partial charge < -0.3 is 0 Å². The molecule has 8 heteroatoms. The molecular weight excluding hydrogens is 573 g/mol. The molecule has 0 unspecified atom stereocenters. The summed E-state index contributed by atoms with van der Waals surface area (Å²) in [5.74, 6) is -1.47. The van der Waals surface area contributed by atoms with E-state index in [9.17, 15) is 13.2 Å². The van der Waals surface area contributed by atoms with E-state index in [1.807, 2.05) is 45.2 Å². The van der Waals surface area contributed by atoms with E-state index < -0.39 is 21.7 Å². The van der Waals surface area contributed by atoms with Gasteiger partial charge in [0, 0.05) is 16.3 Å². The topological polar surface area (TPSA) is 71.4 Å². The quantitative estimate of drug-likeness (QED) is 0.341. The van der Waals surface area contributed by atoms with Crippen LogP contribution in [0.3, 0.4) is 0 Å². The number of halogens is 3. The fraction of sp³-hybridized carbons (Fsp3) is 0.125. The van der Waals surface area contributed by atoms with Gasteiger partial charge in [-0.05, 0) is 79.9 Å². The zero-order valence-corrected chi connectivity index (χ0v) is 14.9. The van der Waals surface area contributed by atoms with Gasteiger partial charge in [-0.1, -0.05) is 0 Å². The van der Waals surface area contributed by atoms with Crippen LogP contribution >= 0.6 is 67.8 Å². The highest BCUT2D eigenvalue weighted by atomic mass is 127. The summed E-state index contributed by atoms with van der Waals surface area (Å²) in [7, 11) is -4.27. The van der Waals surface area contributed by atoms with Gasteiger partial charge in [0.05, 0.1) is 0 Å². The van der Waals surface area contributed by atoms with Crippen LogP contribution in [0.5, 0.6) is 0 Å². The van der Waals surface area contributed by atoms with Crippen LogP contribution in [0.2, 0.25) is 0 Å². The molecule has 0 amide bonds. The summed E-state index contributed by atoms with van der Waals surface area (Å²) in [6.45, 7) is 0. The van der Waals surface area contributed by atoms with Gasteiger partial charge in [-0.25, -0.2) is 0 Å². The molecule has 0 aliphatic carbocycles. The predicted octanol–water partition coefficient (Wildman–Crippen LogP) is 2.57. The third kappa shape index (κ3) is 4.34. The van der Waals surface area contributed by atoms with Gasteiger partial charge >= 0.3 is 0 Å². The number of carbonyl (C=O) groups is 1. The van der Waals surface area contributed by atoms with Crippen LogP contribution in [0.4, 0.5) is 0 Å². The van der Waals surface area contributed by atoms with E-state index in [-0.39, 0.29) is 0 Å². The average molecular weight is 578 g/mol. The summed E-state index contributed by atoms with van der Waals surface area (Å²) in [5, 5.41) is 0. The van der Waals surface area contributed by atoms with Crippen LogP contribution in [0.1, 0.15) is 10.4 Å². The Labute approximate surface area is 134 Å². The molecule has 0 aromatic heterocycles. The van der Waals surface area contributed by atoms with Crippen LogP contribution in [-0.2, 0) is 10.1 Å². The molecule has 1 aromatic rings. The lowest BCUT2D eigenvalue weighted by molar-refractivity contribution is 0.101. The molecular formula is C8H5I3O4S. The molecule has 16 heavy (non-hydrogen) atoms. The Kier molecular flexibility index (Phi) is 5.41. The lowest BCUT2D eigenvalue weighted by atomic mass is 10.1. The van der Waals surface area contributed by atoms with Crippen molar-refractivity contribution in [3.8, 4) is 0 Å². The first kappa shape index (κ1) is 15.0. The highest BCUT2D eigenvalue weighted by molar-refractivity contribution is 14.1. The minimum Gasteiger partial charge on any atom is -0.293 e. The Morgan fingerprint density at radius 3 is 2.00 bits per heavy atom. The van der Waals surface area contributed by atoms with Gasteiger partial charge in [-0.3, -0.25) is 9.35 Å². The van der Waals surface area contributed by atoms with Gasteiger partial charge in [0.15, 0.2) is 5.78 Å². The summed E-state index contributed by atoms with van der Waals surface area (Å²) in [4.78, 5) is 11.7. The highest BCUT2D eigenvalue weighted by Gasteiger charge is 2.20. The number of benzene rings is 1. The van der Waals surface area contributed by atoms with Gasteiger partial charge in [0.2, 0.25) is 0 Å². The van der Waals surface area contributed by atoms with E-state index in [4.69, 9.17) is 4.55 Å². The SMILES string of the molecule is O=C(CS(=O)(=O)O)c1c(I)cc(I)cc1I. The molecule has 0 heterocycles. The molecule has 0 aliphatic heterocycles. The van der Waals surface area contributed by atoms with Gasteiger partial charge in [-0.15, -0.1) is 0 Å². The van der Waals surface area contributed by atoms with Crippen molar-refractivity contribution in [3.63, 3.8) is 0 Å². The van der Waals surface area contributed by atoms with Crippen LogP contribution < -0.4 is 0 Å². The van der Waals surface area contributed by atoms with Crippen molar-refractivity contribution in [2.75, 3.05) is 5.75 Å². The van der Waals surface area contributed by atoms with Crippen molar-refractivity contribution in [1.29, 1.82) is 0 Å². The molecule has 0 fully saturated rings. The standard InChI is InChI=1S/C8H5I3O4S/c9-4-1-5(10)8(6(11)2-4)7(12)3-16(13,14)15/h1-2H,3H2,(H,13,14,15). The first-order chi connectivity index (χ1) is 7.20. The van der Waals surface area contributed by atoms with E-state index in [2.05, 4.69) is 22.6 Å². The number of rotatable bonds is 3. The largest absolute Gasteiger partial charge is 0.293 e. The molecule has 0 saturated carbocycles. The maximum atomic E-state index is 11.7. The Bertz CT molecular complexity index is 515. The number of Topliss-reactive ketones (excluding diaryl/α,β-unsaturated/α-hetero) is 1. The van der Waals surface area contributed by atoms with Crippen LogP contribution in [-0.4, -0.2) is 24.5 Å². The summed E-state index contributed by atoms with van der Waals surface area (Å²) in [6.07, 6.45) is 0. The summed E-state index contributed by atoms with van der Waals surface area (Å²) in [5.41, 5.74) is 0.347. The van der Waals surface area contributed by atoms with Gasteiger partial charge in [-0.2, -0.15) is 8.42 Å². The van der Waals surface area contributed by atoms with E-state index >= 15 is 0 Å². The molecule has 0 spiro atoms. The number of hydrogen-bond acceptors (Lipinski definition) is 3. The van der Waals surface area contributed by atoms with Crippen molar-refractivity contribution in [3.05, 3.63) is 28.4 Å². The molecule has 0 saturated heterocycles. The second-order valence-corrected chi connectivity index (χ2v) is 7.92. The highest BCUT2D eigenvalue weighted by Crippen LogP contribution is 2.23. The zero-order chi connectivity index (χ0) is 12.5. The monoisotopic (exact) mass is 578 g/mol. The minimum absolute atomic E-state index is 0.347. The summed E-state index contributed by atoms with van der Waals surface area (Å²) in [6, 6.07) is 3.56. The van der Waals surface area contributed by atoms with Crippen LogP contribution in [0, 0.1) is 10.7 Å². The maximum absolute atomic E-state index is 11.7. The number of hydrogen-bond donors (Lipinski definition) is 1. The fourth-order valence-electron chi connectivity index (χ4n) is 1.05. The van der Waals surface area contributed by atoms with E-state index in [1.54, 1.807) is 12.1 Å². The molecule has 1 aromatic carbocycles. The van der Waals surface area contributed by atoms with E-state index in [0.717, 1.165) is 3.57 Å². The Balaban J connectivity index is 3.19. The summed E-state index contributed by atoms with van der Waals surface area (Å²) < 4.78 is 32.2. The fourth-order valence-corrected chi connectivity index (χ4v) is 5.71. The molecule has 4 nitrogen and oxygen atoms in total. The van der Waals surface area contributed by atoms with Crippen molar-refractivity contribution in [1.82, 2.24) is 0 Å². The smallest absolute Gasteiger partial charge is 0.272 e. The average Bonchev–Trinajstić information content (AvgIpc) is 1.96. The van der Waals surface area contributed by atoms with E-state index in [1.165, 1.54) is 0 Å². The lowest BCUT2D eigenvalue weighted by Crippen LogP contribution is -2.17. The third-order valence-corrected chi connectivity index (χ3v) is 4.55. The van der Waals surface area contributed by atoms with Crippen LogP contribution in [0.25, 0.3) is 0 Å². The van der Waals surface area contributed by atoms with Gasteiger partial charge in [0.1, 0.15) is 5.75 Å². The number of carbonyl (C=O) groups excluding carboxylic acids is 1. The molecule has 88 valence electrons. The molecule has 0 radical (unpaired) electrons. The molecule has 1 rings (SSSR count). The lowest BCUT2D eigenvalue weighted by Gasteiger charge is -2.06. The second kappa shape index (κ2) is 5.75. The molecule has 0 bridgehead atoms. The second-order valence-electron chi connectivity index (χ2n) is 2.89. The maximum Gasteiger partial charge on any atom is 0.272 e. The molecule has 0 atom stereocenters. The van der Waals surface area contributed by atoms with Gasteiger partial charge in [0.25, 0.3) is 10.1 Å². The minimum atomic E-state index is -4.27. The van der Waals surface area contributed by atoms with Crippen LogP contribution in [0.15, 0.2) is 12.1 Å².